The summed E-state index contributed by atoms with van der Waals surface area (Å²) >= 11 is 11.5. The molecule has 3 nitrogen and oxygen atoms in total. The van der Waals surface area contributed by atoms with Gasteiger partial charge in [0.15, 0.2) is 0 Å². The van der Waals surface area contributed by atoms with Crippen LogP contribution in [0.15, 0.2) is 24.8 Å². The van der Waals surface area contributed by atoms with Crippen molar-refractivity contribution < 1.29 is 4.79 Å². The molecule has 1 aromatic heterocycles. The first-order chi connectivity index (χ1) is 8.08. The van der Waals surface area contributed by atoms with E-state index < -0.39 is 0 Å². The number of hydrogen-bond acceptors (Lipinski definition) is 2. The van der Waals surface area contributed by atoms with Crippen molar-refractivity contribution in [3.8, 4) is 0 Å². The van der Waals surface area contributed by atoms with Gasteiger partial charge >= 0.3 is 0 Å². The average Bonchev–Trinajstić information content (AvgIpc) is 2.26. The van der Waals surface area contributed by atoms with Crippen molar-refractivity contribution in [3.63, 3.8) is 0 Å². The normalized spacial score (nSPS) is 10.1. The molecular formula is C12H14Cl2N2O. The van der Waals surface area contributed by atoms with E-state index in [1.165, 1.54) is 12.1 Å². The molecule has 0 aliphatic rings. The zero-order valence-corrected chi connectivity index (χ0v) is 11.1. The summed E-state index contributed by atoms with van der Waals surface area (Å²) < 4.78 is 0. The van der Waals surface area contributed by atoms with Crippen LogP contribution in [0.2, 0.25) is 10.3 Å². The predicted molar refractivity (Wildman–Crippen MR) is 70.6 cm³/mol. The van der Waals surface area contributed by atoms with Crippen LogP contribution in [0.25, 0.3) is 0 Å². The molecule has 5 heteroatoms. The van der Waals surface area contributed by atoms with Crippen molar-refractivity contribution in [2.24, 2.45) is 0 Å². The van der Waals surface area contributed by atoms with Crippen LogP contribution in [0.5, 0.6) is 0 Å². The summed E-state index contributed by atoms with van der Waals surface area (Å²) in [5, 5.41) is 0.437. The minimum Gasteiger partial charge on any atom is -0.335 e. The van der Waals surface area contributed by atoms with Crippen LogP contribution < -0.4 is 0 Å². The number of rotatable bonds is 5. The summed E-state index contributed by atoms with van der Waals surface area (Å²) in [6.07, 6.45) is 2.57. The third-order valence-electron chi connectivity index (χ3n) is 2.14. The second kappa shape index (κ2) is 6.62. The Morgan fingerprint density at radius 3 is 2.53 bits per heavy atom. The largest absolute Gasteiger partial charge is 0.335 e. The number of carbonyl (C=O) groups excluding carboxylic acids is 1. The van der Waals surface area contributed by atoms with Gasteiger partial charge in [-0.3, -0.25) is 4.79 Å². The number of nitrogens with zero attached hydrogens (tertiary/aromatic N) is 2. The molecule has 0 radical (unpaired) electrons. The van der Waals surface area contributed by atoms with Gasteiger partial charge in [0.05, 0.1) is 0 Å². The fourth-order valence-corrected chi connectivity index (χ4v) is 1.93. The van der Waals surface area contributed by atoms with Gasteiger partial charge in [0.25, 0.3) is 5.91 Å². The lowest BCUT2D eigenvalue weighted by molar-refractivity contribution is 0.0774. The first kappa shape index (κ1) is 14.0. The summed E-state index contributed by atoms with van der Waals surface area (Å²) in [5.41, 5.74) is 0.449. The minimum absolute atomic E-state index is 0.113. The highest BCUT2D eigenvalue weighted by Crippen LogP contribution is 2.16. The molecule has 0 unspecified atom stereocenters. The quantitative estimate of drug-likeness (QED) is 0.608. The van der Waals surface area contributed by atoms with Gasteiger partial charge in [0.1, 0.15) is 10.3 Å². The van der Waals surface area contributed by atoms with Gasteiger partial charge in [-0.1, -0.05) is 36.2 Å². The molecule has 0 saturated heterocycles. The van der Waals surface area contributed by atoms with E-state index in [9.17, 15) is 4.79 Å². The van der Waals surface area contributed by atoms with Crippen molar-refractivity contribution in [1.82, 2.24) is 9.88 Å². The predicted octanol–water partition coefficient (Wildman–Crippen LogP) is 3.43. The van der Waals surface area contributed by atoms with Crippen molar-refractivity contribution in [2.75, 3.05) is 13.1 Å². The molecule has 1 rings (SSSR count). The molecule has 0 spiro atoms. The van der Waals surface area contributed by atoms with E-state index >= 15 is 0 Å². The van der Waals surface area contributed by atoms with Crippen LogP contribution >= 0.6 is 23.2 Å². The van der Waals surface area contributed by atoms with E-state index in [2.05, 4.69) is 11.6 Å². The highest BCUT2D eigenvalue weighted by atomic mass is 35.5. The lowest BCUT2D eigenvalue weighted by Gasteiger charge is -2.20. The lowest BCUT2D eigenvalue weighted by Crippen LogP contribution is -2.31. The maximum Gasteiger partial charge on any atom is 0.254 e. The molecule has 17 heavy (non-hydrogen) atoms. The molecule has 0 aliphatic carbocycles. The summed E-state index contributed by atoms with van der Waals surface area (Å²) in [4.78, 5) is 17.7. The Labute approximate surface area is 111 Å². The fourth-order valence-electron chi connectivity index (χ4n) is 1.47. The van der Waals surface area contributed by atoms with E-state index in [0.29, 0.717) is 18.7 Å². The van der Waals surface area contributed by atoms with Gasteiger partial charge in [0, 0.05) is 18.7 Å². The van der Waals surface area contributed by atoms with Crippen LogP contribution in [0, 0.1) is 0 Å². The van der Waals surface area contributed by atoms with Gasteiger partial charge < -0.3 is 4.90 Å². The third kappa shape index (κ3) is 4.02. The first-order valence-corrected chi connectivity index (χ1v) is 6.07. The van der Waals surface area contributed by atoms with E-state index in [0.717, 1.165) is 6.42 Å². The second-order valence-corrected chi connectivity index (χ2v) is 4.32. The molecule has 1 heterocycles. The summed E-state index contributed by atoms with van der Waals surface area (Å²) in [6, 6.07) is 3.03. The maximum absolute atomic E-state index is 12.2. The molecule has 0 saturated carbocycles. The van der Waals surface area contributed by atoms with Gasteiger partial charge in [0.2, 0.25) is 0 Å². The zero-order chi connectivity index (χ0) is 12.8. The van der Waals surface area contributed by atoms with Crippen LogP contribution in [-0.4, -0.2) is 28.9 Å². The van der Waals surface area contributed by atoms with Crippen LogP contribution in [-0.2, 0) is 0 Å². The molecule has 1 aromatic rings. The fraction of sp³-hybridized carbons (Fsp3) is 0.333. The maximum atomic E-state index is 12.2. The molecule has 0 atom stereocenters. The molecule has 0 aliphatic heterocycles. The first-order valence-electron chi connectivity index (χ1n) is 5.31. The molecule has 0 fully saturated rings. The number of pyridine rings is 1. The smallest absolute Gasteiger partial charge is 0.254 e. The van der Waals surface area contributed by atoms with Crippen LogP contribution in [0.3, 0.4) is 0 Å². The highest BCUT2D eigenvalue weighted by molar-refractivity contribution is 6.33. The Kier molecular flexibility index (Phi) is 5.45. The monoisotopic (exact) mass is 272 g/mol. The molecule has 0 N–H and O–H groups in total. The standard InChI is InChI=1S/C12H14Cl2N2O/c1-3-5-16(6-4-2)12(17)9-7-10(13)15-11(14)8-9/h3,7-8H,1,4-6H2,2H3. The van der Waals surface area contributed by atoms with Gasteiger partial charge in [-0.2, -0.15) is 0 Å². The van der Waals surface area contributed by atoms with Gasteiger partial charge in [-0.25, -0.2) is 4.98 Å². The highest BCUT2D eigenvalue weighted by Gasteiger charge is 2.15. The molecule has 1 amide bonds. The summed E-state index contributed by atoms with van der Waals surface area (Å²) in [6.45, 7) is 6.82. The van der Waals surface area contributed by atoms with E-state index in [1.54, 1.807) is 11.0 Å². The van der Waals surface area contributed by atoms with Crippen molar-refractivity contribution >= 4 is 29.1 Å². The average molecular weight is 273 g/mol. The lowest BCUT2D eigenvalue weighted by atomic mass is 10.2. The molecule has 92 valence electrons. The minimum atomic E-state index is -0.113. The summed E-state index contributed by atoms with van der Waals surface area (Å²) in [5.74, 6) is -0.113. The zero-order valence-electron chi connectivity index (χ0n) is 9.62. The molecular weight excluding hydrogens is 259 g/mol. The third-order valence-corrected chi connectivity index (χ3v) is 2.53. The topological polar surface area (TPSA) is 33.2 Å². The van der Waals surface area contributed by atoms with Crippen molar-refractivity contribution in [3.05, 3.63) is 40.7 Å². The Morgan fingerprint density at radius 1 is 1.47 bits per heavy atom. The Morgan fingerprint density at radius 2 is 2.06 bits per heavy atom. The second-order valence-electron chi connectivity index (χ2n) is 3.54. The number of aromatic nitrogens is 1. The molecule has 0 bridgehead atoms. The molecule has 0 aromatic carbocycles. The van der Waals surface area contributed by atoms with E-state index in [4.69, 9.17) is 23.2 Å². The number of hydrogen-bond donors (Lipinski definition) is 0. The Bertz CT molecular complexity index is 401. The van der Waals surface area contributed by atoms with Crippen molar-refractivity contribution in [2.45, 2.75) is 13.3 Å². The van der Waals surface area contributed by atoms with Crippen molar-refractivity contribution in [1.29, 1.82) is 0 Å². The van der Waals surface area contributed by atoms with Gasteiger partial charge in [-0.15, -0.1) is 6.58 Å². The number of amides is 1. The van der Waals surface area contributed by atoms with Crippen LogP contribution in [0.4, 0.5) is 0 Å². The SMILES string of the molecule is C=CCN(CCC)C(=O)c1cc(Cl)nc(Cl)c1. The van der Waals surface area contributed by atoms with E-state index in [-0.39, 0.29) is 16.2 Å². The Hall–Kier alpha value is -1.06. The van der Waals surface area contributed by atoms with Gasteiger partial charge in [-0.05, 0) is 18.6 Å². The van der Waals surface area contributed by atoms with Crippen LogP contribution in [0.1, 0.15) is 23.7 Å². The Balaban J connectivity index is 2.95. The number of carbonyl (C=O) groups is 1. The summed E-state index contributed by atoms with van der Waals surface area (Å²) in [7, 11) is 0. The van der Waals surface area contributed by atoms with E-state index in [1.807, 2.05) is 6.92 Å². The number of halogens is 2.